The first-order valence-electron chi connectivity index (χ1n) is 10.1. The Morgan fingerprint density at radius 2 is 1.86 bits per heavy atom. The maximum Gasteiger partial charge on any atom is 0.242 e. The number of carbonyl (C=O) groups excluding carboxylic acids is 1. The summed E-state index contributed by atoms with van der Waals surface area (Å²) in [5.41, 5.74) is 2.69. The molecule has 154 valence electrons. The molecule has 0 unspecified atom stereocenters. The number of nitrogens with zero attached hydrogens (tertiary/aromatic N) is 5. The summed E-state index contributed by atoms with van der Waals surface area (Å²) in [5.74, 6) is 0.988. The summed E-state index contributed by atoms with van der Waals surface area (Å²) in [6, 6.07) is 7.77. The van der Waals surface area contributed by atoms with Gasteiger partial charge in [0.2, 0.25) is 5.91 Å². The predicted molar refractivity (Wildman–Crippen MR) is 116 cm³/mol. The van der Waals surface area contributed by atoms with Crippen molar-refractivity contribution in [3.63, 3.8) is 0 Å². The quantitative estimate of drug-likeness (QED) is 0.639. The lowest BCUT2D eigenvalue weighted by Crippen LogP contribution is -2.39. The van der Waals surface area contributed by atoms with Gasteiger partial charge in [0.05, 0.1) is 29.7 Å². The minimum absolute atomic E-state index is 0.183. The first-order chi connectivity index (χ1) is 14.1. The molecule has 1 aromatic carbocycles. The van der Waals surface area contributed by atoms with Crippen molar-refractivity contribution in [2.45, 2.75) is 32.6 Å². The fourth-order valence-electron chi connectivity index (χ4n) is 3.68. The fraction of sp³-hybridized carbons (Fsp3) is 0.476. The van der Waals surface area contributed by atoms with Crippen LogP contribution in [0.4, 0.5) is 5.13 Å². The van der Waals surface area contributed by atoms with Crippen molar-refractivity contribution in [2.75, 3.05) is 38.7 Å². The van der Waals surface area contributed by atoms with Crippen LogP contribution in [0, 0.1) is 6.92 Å². The highest BCUT2D eigenvalue weighted by Gasteiger charge is 2.21. The van der Waals surface area contributed by atoms with Gasteiger partial charge in [0.25, 0.3) is 0 Å². The highest BCUT2D eigenvalue weighted by molar-refractivity contribution is 7.22. The van der Waals surface area contributed by atoms with Crippen molar-refractivity contribution in [1.29, 1.82) is 0 Å². The number of methoxy groups -OCH3 is 1. The molecule has 1 aliphatic rings. The van der Waals surface area contributed by atoms with Gasteiger partial charge < -0.3 is 14.5 Å². The zero-order valence-corrected chi connectivity index (χ0v) is 18.0. The smallest absolute Gasteiger partial charge is 0.242 e. The van der Waals surface area contributed by atoms with Gasteiger partial charge >= 0.3 is 0 Å². The lowest BCUT2D eigenvalue weighted by Gasteiger charge is -2.23. The van der Waals surface area contributed by atoms with E-state index in [1.165, 1.54) is 12.8 Å². The zero-order chi connectivity index (χ0) is 20.4. The van der Waals surface area contributed by atoms with E-state index < -0.39 is 0 Å². The van der Waals surface area contributed by atoms with Gasteiger partial charge in [-0.05, 0) is 44.0 Å². The highest BCUT2D eigenvalue weighted by Crippen LogP contribution is 2.32. The van der Waals surface area contributed by atoms with Gasteiger partial charge in [-0.15, -0.1) is 0 Å². The van der Waals surface area contributed by atoms with Gasteiger partial charge in [0, 0.05) is 20.1 Å². The van der Waals surface area contributed by atoms with E-state index in [0.29, 0.717) is 6.54 Å². The molecule has 1 aliphatic heterocycles. The molecule has 2 aromatic heterocycles. The average Bonchev–Trinajstić information content (AvgIpc) is 3.17. The van der Waals surface area contributed by atoms with Crippen LogP contribution >= 0.6 is 11.3 Å². The number of likely N-dealkylation sites (tertiary alicyclic amines) is 1. The summed E-state index contributed by atoms with van der Waals surface area (Å²) in [6.07, 6.45) is 4.65. The van der Waals surface area contributed by atoms with E-state index in [-0.39, 0.29) is 5.91 Å². The molecule has 0 radical (unpaired) electrons. The molecule has 0 aliphatic carbocycles. The monoisotopic (exact) mass is 413 g/mol. The van der Waals surface area contributed by atoms with E-state index >= 15 is 0 Å². The summed E-state index contributed by atoms with van der Waals surface area (Å²) in [6.45, 7) is 4.09. The summed E-state index contributed by atoms with van der Waals surface area (Å²) >= 11 is 1.58. The zero-order valence-electron chi connectivity index (χ0n) is 17.2. The maximum atomic E-state index is 12.7. The first-order valence-corrected chi connectivity index (χ1v) is 10.9. The summed E-state index contributed by atoms with van der Waals surface area (Å²) < 4.78 is 8.14. The normalized spacial score (nSPS) is 14.8. The number of aromatic nitrogens is 3. The SMILES string of the molecule is COc1ccc(-n2nc(C)c3sc(N(C)CC(=O)N4CCCCCC4)nc32)cc1. The Morgan fingerprint density at radius 3 is 2.52 bits per heavy atom. The van der Waals surface area contributed by atoms with Crippen molar-refractivity contribution in [3.8, 4) is 11.4 Å². The van der Waals surface area contributed by atoms with Crippen molar-refractivity contribution < 1.29 is 9.53 Å². The number of thiazole rings is 1. The minimum atomic E-state index is 0.183. The van der Waals surface area contributed by atoms with E-state index in [0.717, 1.165) is 58.5 Å². The Kier molecular flexibility index (Phi) is 5.71. The van der Waals surface area contributed by atoms with E-state index in [4.69, 9.17) is 9.72 Å². The molecule has 0 bridgehead atoms. The molecule has 29 heavy (non-hydrogen) atoms. The van der Waals surface area contributed by atoms with E-state index in [9.17, 15) is 4.79 Å². The van der Waals surface area contributed by atoms with Crippen LogP contribution in [0.15, 0.2) is 24.3 Å². The van der Waals surface area contributed by atoms with Crippen LogP contribution in [0.1, 0.15) is 31.4 Å². The van der Waals surface area contributed by atoms with Crippen LogP contribution in [0.2, 0.25) is 0 Å². The Morgan fingerprint density at radius 1 is 1.17 bits per heavy atom. The Hall–Kier alpha value is -2.61. The van der Waals surface area contributed by atoms with Crippen LogP contribution in [0.5, 0.6) is 5.75 Å². The molecule has 3 aromatic rings. The van der Waals surface area contributed by atoms with E-state index in [1.807, 2.05) is 52.7 Å². The molecule has 1 amide bonds. The second-order valence-electron chi connectivity index (χ2n) is 7.50. The maximum absolute atomic E-state index is 12.7. The number of benzene rings is 1. The second kappa shape index (κ2) is 8.41. The van der Waals surface area contributed by atoms with Crippen LogP contribution < -0.4 is 9.64 Å². The number of rotatable bonds is 5. The predicted octanol–water partition coefficient (Wildman–Crippen LogP) is 3.64. The number of aryl methyl sites for hydroxylation is 1. The molecule has 8 heteroatoms. The summed E-state index contributed by atoms with van der Waals surface area (Å²) in [5, 5.41) is 5.49. The first kappa shape index (κ1) is 19.7. The summed E-state index contributed by atoms with van der Waals surface area (Å²) in [4.78, 5) is 21.5. The second-order valence-corrected chi connectivity index (χ2v) is 8.47. The van der Waals surface area contributed by atoms with Crippen LogP contribution in [-0.2, 0) is 4.79 Å². The number of ether oxygens (including phenoxy) is 1. The van der Waals surface area contributed by atoms with E-state index in [2.05, 4.69) is 5.10 Å². The third kappa shape index (κ3) is 4.07. The third-order valence-corrected chi connectivity index (χ3v) is 6.62. The number of hydrogen-bond acceptors (Lipinski definition) is 6. The summed E-state index contributed by atoms with van der Waals surface area (Å²) in [7, 11) is 3.59. The number of fused-ring (bicyclic) bond motifs is 1. The Bertz CT molecular complexity index is 987. The number of anilines is 1. The van der Waals surface area contributed by atoms with Gasteiger partial charge in [-0.25, -0.2) is 4.68 Å². The molecule has 1 fully saturated rings. The molecule has 0 saturated carbocycles. The van der Waals surface area contributed by atoms with Crippen molar-refractivity contribution in [3.05, 3.63) is 30.0 Å². The molecule has 0 spiro atoms. The molecular formula is C21H27N5O2S. The topological polar surface area (TPSA) is 63.5 Å². The van der Waals surface area contributed by atoms with Gasteiger partial charge in [-0.1, -0.05) is 24.2 Å². The van der Waals surface area contributed by atoms with Crippen molar-refractivity contribution >= 4 is 32.7 Å². The Labute approximate surface area is 174 Å². The fourth-order valence-corrected chi connectivity index (χ4v) is 4.63. The lowest BCUT2D eigenvalue weighted by molar-refractivity contribution is -0.129. The highest BCUT2D eigenvalue weighted by atomic mass is 32.1. The van der Waals surface area contributed by atoms with Crippen molar-refractivity contribution in [1.82, 2.24) is 19.7 Å². The molecule has 1 saturated heterocycles. The van der Waals surface area contributed by atoms with Crippen LogP contribution in [0.25, 0.3) is 16.0 Å². The standard InChI is InChI=1S/C21H27N5O2S/c1-15-19-20(26(23-15)16-8-10-17(28-3)11-9-16)22-21(29-19)24(2)14-18(27)25-12-6-4-5-7-13-25/h8-11H,4-7,12-14H2,1-3H3. The van der Waals surface area contributed by atoms with E-state index in [1.54, 1.807) is 18.4 Å². The van der Waals surface area contributed by atoms with Crippen LogP contribution in [0.3, 0.4) is 0 Å². The molecule has 7 nitrogen and oxygen atoms in total. The molecule has 0 atom stereocenters. The van der Waals surface area contributed by atoms with Gasteiger partial charge in [-0.2, -0.15) is 10.1 Å². The van der Waals surface area contributed by atoms with Crippen LogP contribution in [-0.4, -0.2) is 59.4 Å². The molecule has 3 heterocycles. The number of hydrogen-bond donors (Lipinski definition) is 0. The number of likely N-dealkylation sites (N-methyl/N-ethyl adjacent to an activating group) is 1. The third-order valence-electron chi connectivity index (χ3n) is 5.35. The number of amides is 1. The van der Waals surface area contributed by atoms with Gasteiger partial charge in [0.1, 0.15) is 5.75 Å². The molecule has 4 rings (SSSR count). The van der Waals surface area contributed by atoms with Gasteiger partial charge in [-0.3, -0.25) is 4.79 Å². The Balaban J connectivity index is 1.55. The average molecular weight is 414 g/mol. The number of carbonyl (C=O) groups is 1. The lowest BCUT2D eigenvalue weighted by atomic mass is 10.2. The largest absolute Gasteiger partial charge is 0.497 e. The minimum Gasteiger partial charge on any atom is -0.497 e. The molecular weight excluding hydrogens is 386 g/mol. The molecule has 0 N–H and O–H groups in total. The van der Waals surface area contributed by atoms with Crippen molar-refractivity contribution in [2.24, 2.45) is 0 Å². The van der Waals surface area contributed by atoms with Gasteiger partial charge in [0.15, 0.2) is 10.8 Å².